The van der Waals surface area contributed by atoms with E-state index >= 15 is 0 Å². The molecule has 1 aromatic carbocycles. The highest BCUT2D eigenvalue weighted by molar-refractivity contribution is 6.00. The summed E-state index contributed by atoms with van der Waals surface area (Å²) in [5.41, 5.74) is 3.04. The van der Waals surface area contributed by atoms with E-state index in [1.165, 1.54) is 0 Å². The van der Waals surface area contributed by atoms with Crippen molar-refractivity contribution in [2.24, 2.45) is 0 Å². The molecule has 3 aromatic heterocycles. The highest BCUT2D eigenvalue weighted by atomic mass is 19.3. The van der Waals surface area contributed by atoms with Crippen LogP contribution >= 0.6 is 0 Å². The second kappa shape index (κ2) is 8.31. The van der Waals surface area contributed by atoms with Crippen LogP contribution in [-0.4, -0.2) is 69.2 Å². The maximum atomic E-state index is 13.3. The van der Waals surface area contributed by atoms with Gasteiger partial charge in [-0.1, -0.05) is 12.1 Å². The molecule has 0 amide bonds. The highest BCUT2D eigenvalue weighted by Crippen LogP contribution is 2.35. The third-order valence-electron chi connectivity index (χ3n) is 6.27. The van der Waals surface area contributed by atoms with E-state index in [1.54, 1.807) is 12.3 Å². The predicted octanol–water partition coefficient (Wildman–Crippen LogP) is 3.50. The van der Waals surface area contributed by atoms with Gasteiger partial charge in [0.15, 0.2) is 11.5 Å². The Balaban J connectivity index is 1.56. The minimum atomic E-state index is -2.68. The van der Waals surface area contributed by atoms with Gasteiger partial charge in [-0.15, -0.1) is 0 Å². The number of morpholine rings is 1. The fourth-order valence-electron chi connectivity index (χ4n) is 4.57. The van der Waals surface area contributed by atoms with Crippen molar-refractivity contribution in [3.63, 3.8) is 0 Å². The molecule has 2 aliphatic heterocycles. The number of alkyl halides is 2. The number of benzene rings is 1. The zero-order chi connectivity index (χ0) is 22.4. The molecule has 0 saturated carbocycles. The minimum absolute atomic E-state index is 0.183. The van der Waals surface area contributed by atoms with Crippen LogP contribution in [-0.2, 0) is 9.47 Å². The number of para-hydroxylation sites is 1. The Kier molecular flexibility index (Phi) is 5.14. The second-order valence-corrected chi connectivity index (χ2v) is 8.27. The van der Waals surface area contributed by atoms with Crippen LogP contribution in [0.4, 0.5) is 14.7 Å². The van der Waals surface area contributed by atoms with Crippen LogP contribution in [0.5, 0.6) is 0 Å². The number of anilines is 1. The molecule has 9 nitrogen and oxygen atoms in total. The number of aromatic amines is 1. The van der Waals surface area contributed by atoms with Crippen LogP contribution in [0.3, 0.4) is 0 Å². The summed E-state index contributed by atoms with van der Waals surface area (Å²) in [7, 11) is 0. The highest BCUT2D eigenvalue weighted by Gasteiger charge is 2.25. The van der Waals surface area contributed by atoms with Crippen LogP contribution in [0, 0.1) is 0 Å². The summed E-state index contributed by atoms with van der Waals surface area (Å²) in [6.07, 6.45) is 0.796. The lowest BCUT2D eigenvalue weighted by atomic mass is 10.1. The van der Waals surface area contributed by atoms with Crippen LogP contribution < -0.4 is 4.90 Å². The van der Waals surface area contributed by atoms with Gasteiger partial charge in [0.25, 0.3) is 6.43 Å². The van der Waals surface area contributed by atoms with Crippen LogP contribution in [0.15, 0.2) is 24.4 Å². The number of imidazole rings is 1. The Morgan fingerprint density at radius 2 is 1.79 bits per heavy atom. The molecule has 5 heterocycles. The number of rotatable bonds is 4. The Labute approximate surface area is 187 Å². The zero-order valence-electron chi connectivity index (χ0n) is 17.9. The third-order valence-corrected chi connectivity index (χ3v) is 6.27. The lowest BCUT2D eigenvalue weighted by Crippen LogP contribution is -2.37. The Morgan fingerprint density at radius 3 is 2.58 bits per heavy atom. The van der Waals surface area contributed by atoms with Gasteiger partial charge in [-0.3, -0.25) is 0 Å². The number of halogens is 2. The van der Waals surface area contributed by atoms with Crippen molar-refractivity contribution in [2.75, 3.05) is 44.4 Å². The molecule has 172 valence electrons. The van der Waals surface area contributed by atoms with Crippen molar-refractivity contribution in [3.8, 4) is 11.3 Å². The smallest absolute Gasteiger partial charge is 0.295 e. The summed E-state index contributed by atoms with van der Waals surface area (Å²) in [6, 6.07) is 5.60. The normalized spacial score (nSPS) is 18.1. The van der Waals surface area contributed by atoms with Gasteiger partial charge in [-0.2, -0.15) is 10.1 Å². The second-order valence-electron chi connectivity index (χ2n) is 8.27. The van der Waals surface area contributed by atoms with E-state index in [4.69, 9.17) is 19.4 Å². The number of fused-ring (bicyclic) bond motifs is 2. The van der Waals surface area contributed by atoms with E-state index in [-0.39, 0.29) is 11.9 Å². The molecule has 33 heavy (non-hydrogen) atoms. The molecule has 11 heteroatoms. The fourth-order valence-corrected chi connectivity index (χ4v) is 4.57. The SMILES string of the molecule is FC(F)c1nc2c(-c3nc(N4CCOCC4)nc4c3cnn4C3CCOCC3)cccc2[nH]1. The van der Waals surface area contributed by atoms with E-state index in [2.05, 4.69) is 20.0 Å². The first-order valence-corrected chi connectivity index (χ1v) is 11.1. The van der Waals surface area contributed by atoms with Gasteiger partial charge in [0.1, 0.15) is 0 Å². The molecular formula is C22H23F2N7O2. The average Bonchev–Trinajstić information content (AvgIpc) is 3.49. The molecule has 0 bridgehead atoms. The first kappa shape index (κ1) is 20.4. The van der Waals surface area contributed by atoms with Crippen molar-refractivity contribution in [3.05, 3.63) is 30.2 Å². The molecule has 2 saturated heterocycles. The predicted molar refractivity (Wildman–Crippen MR) is 117 cm³/mol. The quantitative estimate of drug-likeness (QED) is 0.503. The first-order chi connectivity index (χ1) is 16.2. The van der Waals surface area contributed by atoms with Gasteiger partial charge in [0.05, 0.1) is 47.6 Å². The molecular weight excluding hydrogens is 432 g/mol. The monoisotopic (exact) mass is 455 g/mol. The zero-order valence-corrected chi connectivity index (χ0v) is 17.9. The van der Waals surface area contributed by atoms with Crippen LogP contribution in [0.2, 0.25) is 0 Å². The van der Waals surface area contributed by atoms with Crippen molar-refractivity contribution in [1.29, 1.82) is 0 Å². The molecule has 1 N–H and O–H groups in total. The Bertz CT molecular complexity index is 1290. The van der Waals surface area contributed by atoms with Gasteiger partial charge in [-0.05, 0) is 18.9 Å². The number of hydrogen-bond acceptors (Lipinski definition) is 7. The fraction of sp³-hybridized carbons (Fsp3) is 0.455. The van der Waals surface area contributed by atoms with E-state index in [0.717, 1.165) is 23.9 Å². The maximum absolute atomic E-state index is 13.3. The molecule has 4 aromatic rings. The lowest BCUT2D eigenvalue weighted by Gasteiger charge is -2.27. The van der Waals surface area contributed by atoms with Crippen molar-refractivity contribution >= 4 is 28.0 Å². The third kappa shape index (κ3) is 3.61. The Hall–Kier alpha value is -3.18. The van der Waals surface area contributed by atoms with Crippen LogP contribution in [0.1, 0.15) is 31.1 Å². The van der Waals surface area contributed by atoms with Gasteiger partial charge in [0, 0.05) is 31.9 Å². The standard InChI is InChI=1S/C22H23F2N7O2/c23-19(24)20-26-16-3-1-2-14(18(16)27-20)17-15-12-25-31(13-4-8-32-9-5-13)21(15)29-22(28-17)30-6-10-33-11-7-30/h1-3,12-13,19H,4-11H2,(H,26,27). The number of ether oxygens (including phenoxy) is 2. The number of nitrogens with zero attached hydrogens (tertiary/aromatic N) is 6. The summed E-state index contributed by atoms with van der Waals surface area (Å²) in [6.45, 7) is 3.93. The van der Waals surface area contributed by atoms with E-state index in [1.807, 2.05) is 16.8 Å². The number of aromatic nitrogens is 6. The van der Waals surface area contributed by atoms with Crippen molar-refractivity contribution < 1.29 is 18.3 Å². The molecule has 2 fully saturated rings. The minimum Gasteiger partial charge on any atom is -0.381 e. The molecule has 6 rings (SSSR count). The maximum Gasteiger partial charge on any atom is 0.295 e. The average molecular weight is 455 g/mol. The van der Waals surface area contributed by atoms with E-state index < -0.39 is 6.43 Å². The first-order valence-electron chi connectivity index (χ1n) is 11.1. The Morgan fingerprint density at radius 1 is 1.00 bits per heavy atom. The van der Waals surface area contributed by atoms with Crippen molar-refractivity contribution in [1.82, 2.24) is 29.7 Å². The summed E-state index contributed by atoms with van der Waals surface area (Å²) in [4.78, 5) is 18.8. The number of hydrogen-bond donors (Lipinski definition) is 1. The van der Waals surface area contributed by atoms with Gasteiger partial charge in [-0.25, -0.2) is 23.4 Å². The molecule has 0 unspecified atom stereocenters. The van der Waals surface area contributed by atoms with Crippen LogP contribution in [0.25, 0.3) is 33.3 Å². The summed E-state index contributed by atoms with van der Waals surface area (Å²) >= 11 is 0. The molecule has 0 aliphatic carbocycles. The summed E-state index contributed by atoms with van der Waals surface area (Å²) in [5.74, 6) is 0.227. The van der Waals surface area contributed by atoms with E-state index in [9.17, 15) is 8.78 Å². The van der Waals surface area contributed by atoms with Gasteiger partial charge >= 0.3 is 0 Å². The number of H-pyrrole nitrogens is 1. The van der Waals surface area contributed by atoms with Gasteiger partial charge < -0.3 is 19.4 Å². The molecule has 2 aliphatic rings. The molecule has 0 spiro atoms. The topological polar surface area (TPSA) is 94.0 Å². The summed E-state index contributed by atoms with van der Waals surface area (Å²) in [5, 5.41) is 5.44. The number of nitrogens with one attached hydrogen (secondary N) is 1. The molecule has 0 radical (unpaired) electrons. The van der Waals surface area contributed by atoms with Gasteiger partial charge in [0.2, 0.25) is 5.95 Å². The molecule has 0 atom stereocenters. The summed E-state index contributed by atoms with van der Waals surface area (Å²) < 4.78 is 39.7. The lowest BCUT2D eigenvalue weighted by molar-refractivity contribution is 0.0673. The van der Waals surface area contributed by atoms with E-state index in [0.29, 0.717) is 67.8 Å². The largest absolute Gasteiger partial charge is 0.381 e. The van der Waals surface area contributed by atoms with Crippen molar-refractivity contribution in [2.45, 2.75) is 25.3 Å².